The second-order valence-corrected chi connectivity index (χ2v) is 12.4. The van der Waals surface area contributed by atoms with E-state index in [1.807, 2.05) is 0 Å². The van der Waals surface area contributed by atoms with E-state index in [-0.39, 0.29) is 11.1 Å². The third kappa shape index (κ3) is 3.71. The lowest BCUT2D eigenvalue weighted by Crippen LogP contribution is -2.66. The number of hydrogen-bond acceptors (Lipinski definition) is 2. The molecule has 0 N–H and O–H groups in total. The molecule has 1 aliphatic carbocycles. The lowest BCUT2D eigenvalue weighted by Gasteiger charge is -2.43. The van der Waals surface area contributed by atoms with Crippen LogP contribution in [0.1, 0.15) is 33.6 Å². The van der Waals surface area contributed by atoms with E-state index in [1.165, 1.54) is 15.9 Å². The molecule has 0 bridgehead atoms. The molecule has 0 aromatic heterocycles. The van der Waals surface area contributed by atoms with Crippen molar-refractivity contribution in [2.24, 2.45) is 0 Å². The molecule has 0 saturated carbocycles. The maximum Gasteiger partial charge on any atom is 0.261 e. The third-order valence-corrected chi connectivity index (χ3v) is 10.3. The molecule has 1 atom stereocenters. The first-order valence-electron chi connectivity index (χ1n) is 9.45. The van der Waals surface area contributed by atoms with Crippen LogP contribution in [0, 0.1) is 0 Å². The molecular weight excluding hydrogens is 336 g/mol. The summed E-state index contributed by atoms with van der Waals surface area (Å²) in [5.74, 6) is 0. The molecule has 0 saturated heterocycles. The first kappa shape index (κ1) is 19.1. The van der Waals surface area contributed by atoms with E-state index in [4.69, 9.17) is 9.16 Å². The average molecular weight is 367 g/mol. The fourth-order valence-electron chi connectivity index (χ4n) is 4.03. The van der Waals surface area contributed by atoms with Crippen LogP contribution in [0.4, 0.5) is 0 Å². The summed E-state index contributed by atoms with van der Waals surface area (Å²) in [5.41, 5.74) is 1.37. The predicted octanol–water partition coefficient (Wildman–Crippen LogP) is 4.30. The van der Waals surface area contributed by atoms with Crippen LogP contribution < -0.4 is 10.4 Å². The van der Waals surface area contributed by atoms with E-state index >= 15 is 0 Å². The third-order valence-electron chi connectivity index (χ3n) is 5.37. The monoisotopic (exact) mass is 366 g/mol. The van der Waals surface area contributed by atoms with Gasteiger partial charge in [0, 0.05) is 7.11 Å². The summed E-state index contributed by atoms with van der Waals surface area (Å²) < 4.78 is 12.4. The zero-order valence-electron chi connectivity index (χ0n) is 16.4. The molecule has 138 valence electrons. The SMILES string of the molecule is COC1C=C(CO[Si](c2ccccc2)(c2ccccc2)C(C)(C)C)CC1. The van der Waals surface area contributed by atoms with Gasteiger partial charge in [-0.15, -0.1) is 0 Å². The van der Waals surface area contributed by atoms with Gasteiger partial charge in [0.15, 0.2) is 0 Å². The second-order valence-electron chi connectivity index (χ2n) is 8.09. The molecule has 0 aliphatic heterocycles. The van der Waals surface area contributed by atoms with E-state index in [9.17, 15) is 0 Å². The van der Waals surface area contributed by atoms with E-state index in [1.54, 1.807) is 7.11 Å². The molecular formula is C23H30O2Si. The first-order valence-corrected chi connectivity index (χ1v) is 11.4. The topological polar surface area (TPSA) is 18.5 Å². The highest BCUT2D eigenvalue weighted by Gasteiger charge is 2.50. The van der Waals surface area contributed by atoms with Crippen molar-refractivity contribution in [2.45, 2.75) is 44.8 Å². The largest absolute Gasteiger partial charge is 0.403 e. The van der Waals surface area contributed by atoms with Crippen molar-refractivity contribution >= 4 is 18.7 Å². The van der Waals surface area contributed by atoms with Gasteiger partial charge in [0.1, 0.15) is 0 Å². The van der Waals surface area contributed by atoms with Gasteiger partial charge in [-0.3, -0.25) is 0 Å². The van der Waals surface area contributed by atoms with Crippen molar-refractivity contribution in [3.05, 3.63) is 72.3 Å². The van der Waals surface area contributed by atoms with Crippen LogP contribution in [0.3, 0.4) is 0 Å². The number of benzene rings is 2. The molecule has 2 nitrogen and oxygen atoms in total. The van der Waals surface area contributed by atoms with Gasteiger partial charge < -0.3 is 9.16 Å². The van der Waals surface area contributed by atoms with E-state index in [0.29, 0.717) is 6.61 Å². The lowest BCUT2D eigenvalue weighted by atomic mass is 10.2. The Morgan fingerprint density at radius 1 is 0.923 bits per heavy atom. The first-order chi connectivity index (χ1) is 12.5. The summed E-state index contributed by atoms with van der Waals surface area (Å²) >= 11 is 0. The Balaban J connectivity index is 2.03. The van der Waals surface area contributed by atoms with Gasteiger partial charge in [0.05, 0.1) is 12.7 Å². The highest BCUT2D eigenvalue weighted by Crippen LogP contribution is 2.37. The molecule has 0 radical (unpaired) electrons. The van der Waals surface area contributed by atoms with Gasteiger partial charge in [0.2, 0.25) is 0 Å². The Kier molecular flexibility index (Phi) is 5.81. The molecule has 2 aromatic rings. The van der Waals surface area contributed by atoms with Gasteiger partial charge in [-0.2, -0.15) is 0 Å². The van der Waals surface area contributed by atoms with Crippen LogP contribution in [-0.4, -0.2) is 28.1 Å². The van der Waals surface area contributed by atoms with Crippen molar-refractivity contribution in [3.63, 3.8) is 0 Å². The maximum atomic E-state index is 6.96. The molecule has 1 unspecified atom stereocenters. The summed E-state index contributed by atoms with van der Waals surface area (Å²) in [4.78, 5) is 0. The minimum atomic E-state index is -2.43. The Hall–Kier alpha value is -1.68. The fraction of sp³-hybridized carbons (Fsp3) is 0.391. The molecule has 0 heterocycles. The Morgan fingerprint density at radius 3 is 1.88 bits per heavy atom. The van der Waals surface area contributed by atoms with Gasteiger partial charge in [-0.1, -0.05) is 87.5 Å². The van der Waals surface area contributed by atoms with Gasteiger partial charge in [-0.05, 0) is 33.8 Å². The van der Waals surface area contributed by atoms with Crippen molar-refractivity contribution in [3.8, 4) is 0 Å². The molecule has 0 amide bonds. The molecule has 1 aliphatic rings. The quantitative estimate of drug-likeness (QED) is 0.561. The zero-order chi connectivity index (χ0) is 18.6. The lowest BCUT2D eigenvalue weighted by molar-refractivity contribution is 0.141. The number of ether oxygens (including phenoxy) is 1. The summed E-state index contributed by atoms with van der Waals surface area (Å²) in [6.45, 7) is 7.65. The average Bonchev–Trinajstić information content (AvgIpc) is 3.11. The van der Waals surface area contributed by atoms with Crippen LogP contribution in [0.2, 0.25) is 5.04 Å². The highest BCUT2D eigenvalue weighted by atomic mass is 28.4. The minimum absolute atomic E-state index is 0.0233. The van der Waals surface area contributed by atoms with Crippen molar-refractivity contribution in [1.29, 1.82) is 0 Å². The Labute approximate surface area is 159 Å². The van der Waals surface area contributed by atoms with Crippen LogP contribution >= 0.6 is 0 Å². The molecule has 0 spiro atoms. The summed E-state index contributed by atoms with van der Waals surface area (Å²) in [5, 5.41) is 2.69. The van der Waals surface area contributed by atoms with Crippen LogP contribution in [0.25, 0.3) is 0 Å². The summed E-state index contributed by atoms with van der Waals surface area (Å²) in [7, 11) is -0.646. The highest BCUT2D eigenvalue weighted by molar-refractivity contribution is 6.99. The standard InChI is InChI=1S/C23H30O2Si/c1-23(2,3)26(21-11-7-5-8-12-21,22-13-9-6-10-14-22)25-18-19-15-16-20(17-19)24-4/h5-14,17,20H,15-16,18H2,1-4H3. The van der Waals surface area contributed by atoms with E-state index in [0.717, 1.165) is 12.8 Å². The molecule has 2 aromatic carbocycles. The molecule has 0 fully saturated rings. The number of rotatable bonds is 6. The second kappa shape index (κ2) is 7.91. The van der Waals surface area contributed by atoms with Crippen LogP contribution in [0.15, 0.2) is 72.3 Å². The minimum Gasteiger partial charge on any atom is -0.403 e. The van der Waals surface area contributed by atoms with Crippen molar-refractivity contribution < 1.29 is 9.16 Å². The number of methoxy groups -OCH3 is 1. The van der Waals surface area contributed by atoms with Crippen LogP contribution in [0.5, 0.6) is 0 Å². The van der Waals surface area contributed by atoms with E-state index < -0.39 is 8.32 Å². The zero-order valence-corrected chi connectivity index (χ0v) is 17.4. The van der Waals surface area contributed by atoms with E-state index in [2.05, 4.69) is 87.5 Å². The molecule has 3 rings (SSSR count). The Morgan fingerprint density at radius 2 is 1.46 bits per heavy atom. The van der Waals surface area contributed by atoms with Gasteiger partial charge in [0.25, 0.3) is 8.32 Å². The fourth-order valence-corrected chi connectivity index (χ4v) is 8.58. The molecule has 26 heavy (non-hydrogen) atoms. The van der Waals surface area contributed by atoms with Crippen molar-refractivity contribution in [1.82, 2.24) is 0 Å². The Bertz CT molecular complexity index is 692. The van der Waals surface area contributed by atoms with Gasteiger partial charge in [-0.25, -0.2) is 0 Å². The van der Waals surface area contributed by atoms with Crippen molar-refractivity contribution in [2.75, 3.05) is 13.7 Å². The van der Waals surface area contributed by atoms with Crippen LogP contribution in [-0.2, 0) is 9.16 Å². The smallest absolute Gasteiger partial charge is 0.261 e. The maximum absolute atomic E-state index is 6.96. The molecule has 3 heteroatoms. The van der Waals surface area contributed by atoms with Gasteiger partial charge >= 0.3 is 0 Å². The summed E-state index contributed by atoms with van der Waals surface area (Å²) in [6.07, 6.45) is 4.62. The normalized spacial score (nSPS) is 18.0. The summed E-state index contributed by atoms with van der Waals surface area (Å²) in [6, 6.07) is 21.7. The predicted molar refractivity (Wildman–Crippen MR) is 112 cm³/mol. The number of hydrogen-bond donors (Lipinski definition) is 0.